The van der Waals surface area contributed by atoms with E-state index in [9.17, 15) is 13.6 Å². The van der Waals surface area contributed by atoms with Crippen LogP contribution in [0.1, 0.15) is 49.2 Å². The lowest BCUT2D eigenvalue weighted by molar-refractivity contribution is -0.0506. The van der Waals surface area contributed by atoms with Gasteiger partial charge in [-0.15, -0.1) is 0 Å². The summed E-state index contributed by atoms with van der Waals surface area (Å²) in [4.78, 5) is 17.8. The summed E-state index contributed by atoms with van der Waals surface area (Å²) in [6, 6.07) is 29.5. The number of hydrogen-bond acceptors (Lipinski definition) is 5. The van der Waals surface area contributed by atoms with Gasteiger partial charge in [-0.3, -0.25) is 0 Å². The van der Waals surface area contributed by atoms with E-state index in [0.29, 0.717) is 24.2 Å². The van der Waals surface area contributed by atoms with E-state index in [4.69, 9.17) is 21.3 Å². The van der Waals surface area contributed by atoms with Crippen molar-refractivity contribution in [3.8, 4) is 5.75 Å². The quantitative estimate of drug-likeness (QED) is 0.223. The molecule has 6 nitrogen and oxygen atoms in total. The van der Waals surface area contributed by atoms with E-state index in [1.165, 1.54) is 6.07 Å². The number of fused-ring (bicyclic) bond motifs is 3. The van der Waals surface area contributed by atoms with Crippen LogP contribution in [0, 0.1) is 0 Å². The van der Waals surface area contributed by atoms with Crippen LogP contribution in [-0.4, -0.2) is 40.9 Å². The number of hydrogen-bond donors (Lipinski definition) is 2. The van der Waals surface area contributed by atoms with Crippen LogP contribution in [0.4, 0.5) is 8.78 Å². The van der Waals surface area contributed by atoms with Gasteiger partial charge in [0.05, 0.1) is 17.4 Å². The van der Waals surface area contributed by atoms with Gasteiger partial charge in [-0.05, 0) is 40.0 Å². The lowest BCUT2D eigenvalue weighted by Gasteiger charge is -2.44. The maximum atomic E-state index is 13.3. The molecule has 0 amide bonds. The molecule has 3 heterocycles. The Morgan fingerprint density at radius 1 is 0.976 bits per heavy atom. The monoisotopic (exact) mass is 604 g/mol. The molecule has 216 valence electrons. The van der Waals surface area contributed by atoms with E-state index in [1.807, 2.05) is 60.7 Å². The fourth-order valence-corrected chi connectivity index (χ4v) is 10.3. The number of ether oxygens (including phenoxy) is 1. The third-order valence-electron chi connectivity index (χ3n) is 8.30. The zero-order valence-electron chi connectivity index (χ0n) is 23.2. The summed E-state index contributed by atoms with van der Waals surface area (Å²) in [5, 5.41) is 9.73. The molecule has 2 N–H and O–H groups in total. The number of imidazole rings is 1. The van der Waals surface area contributed by atoms with Gasteiger partial charge in [0.2, 0.25) is 0 Å². The largest absolute Gasteiger partial charge is 0.434 e. The molecular weight excluding hydrogens is 574 g/mol. The Kier molecular flexibility index (Phi) is 7.61. The highest BCUT2D eigenvalue weighted by Gasteiger charge is 2.51. The van der Waals surface area contributed by atoms with Crippen LogP contribution in [0.25, 0.3) is 5.65 Å². The number of alkyl halides is 2. The van der Waals surface area contributed by atoms with E-state index >= 15 is 0 Å². The predicted octanol–water partition coefficient (Wildman–Crippen LogP) is 5.68. The molecule has 3 aromatic carbocycles. The minimum absolute atomic E-state index is 0.0849. The zero-order valence-corrected chi connectivity index (χ0v) is 25.0. The van der Waals surface area contributed by atoms with Gasteiger partial charge in [-0.2, -0.15) is 13.9 Å². The molecular formula is C32H31ClF2N4O2Si. The highest BCUT2D eigenvalue weighted by molar-refractivity contribution is 6.98. The van der Waals surface area contributed by atoms with Crippen molar-refractivity contribution in [3.05, 3.63) is 119 Å². The molecule has 2 atom stereocenters. The first-order valence-electron chi connectivity index (χ1n) is 13.8. The maximum Gasteiger partial charge on any atom is 0.387 e. The van der Waals surface area contributed by atoms with Crippen LogP contribution in [0.15, 0.2) is 97.1 Å². The Morgan fingerprint density at radius 3 is 2.24 bits per heavy atom. The molecule has 6 rings (SSSR count). The molecule has 0 aliphatic carbocycles. The van der Waals surface area contributed by atoms with E-state index in [0.717, 1.165) is 21.8 Å². The van der Waals surface area contributed by atoms with Crippen molar-refractivity contribution in [2.45, 2.75) is 43.9 Å². The van der Waals surface area contributed by atoms with E-state index in [1.54, 1.807) is 34.8 Å². The minimum atomic E-state index is -3.29. The molecule has 1 aliphatic heterocycles. The van der Waals surface area contributed by atoms with Gasteiger partial charge in [-0.1, -0.05) is 104 Å². The third-order valence-corrected chi connectivity index (χ3v) is 13.0. The third kappa shape index (κ3) is 5.00. The number of aromatic nitrogens is 3. The summed E-state index contributed by atoms with van der Waals surface area (Å²) >= 11 is 6.32. The molecule has 0 fully saturated rings. The number of para-hydroxylation sites is 1. The number of benzene rings is 3. The van der Waals surface area contributed by atoms with Crippen LogP contribution in [0.2, 0.25) is 10.2 Å². The summed E-state index contributed by atoms with van der Waals surface area (Å²) in [6.45, 7) is 1.80. The Labute approximate surface area is 249 Å². The number of rotatable bonds is 8. The molecule has 0 spiro atoms. The Balaban J connectivity index is 1.46. The van der Waals surface area contributed by atoms with Crippen molar-refractivity contribution in [1.29, 1.82) is 0 Å². The lowest BCUT2D eigenvalue weighted by atomic mass is 9.86. The smallest absolute Gasteiger partial charge is 0.387 e. The second kappa shape index (κ2) is 11.2. The summed E-state index contributed by atoms with van der Waals surface area (Å²) in [5.41, 5.74) is 2.67. The Bertz CT molecular complexity index is 1660. The van der Waals surface area contributed by atoms with Crippen LogP contribution < -0.4 is 20.4 Å². The summed E-state index contributed by atoms with van der Waals surface area (Å²) < 4.78 is 33.3. The second-order valence-corrected chi connectivity index (χ2v) is 15.6. The first kappa shape index (κ1) is 28.5. The molecule has 0 saturated carbocycles. The summed E-state index contributed by atoms with van der Waals surface area (Å²) in [5.74, 6) is -0.0250. The highest BCUT2D eigenvalue weighted by Crippen LogP contribution is 2.47. The van der Waals surface area contributed by atoms with Gasteiger partial charge < -0.3 is 14.8 Å². The molecule has 0 unspecified atom stereocenters. The second-order valence-electron chi connectivity index (χ2n) is 11.3. The van der Waals surface area contributed by atoms with Gasteiger partial charge in [0.1, 0.15) is 10.9 Å². The first-order chi connectivity index (χ1) is 20.2. The van der Waals surface area contributed by atoms with Crippen LogP contribution in [0.5, 0.6) is 5.75 Å². The molecule has 0 radical (unpaired) electrons. The van der Waals surface area contributed by atoms with Crippen molar-refractivity contribution >= 4 is 35.9 Å². The fraction of sp³-hybridized carbons (Fsp3) is 0.250. The molecule has 1 aliphatic rings. The standard InChI is InChI=1S/C32H31ClF2N4O2Si/c1-32(2,42(40,22-11-5-3-6-12-22)23-13-7-4-8-14-23)19-21-20-36-29(24-15-9-10-16-25(24)41-31(34)35)30-28(21)37-27-18-17-26(33)38-39(27)30/h3-18,21,29,31,36,40H,19-20H2,1-2H3/t21-,29+/m0/s1. The normalized spacial score (nSPS) is 17.4. The van der Waals surface area contributed by atoms with Crippen molar-refractivity contribution in [2.75, 3.05) is 6.54 Å². The number of halogens is 3. The lowest BCUT2D eigenvalue weighted by Crippen LogP contribution is -2.65. The maximum absolute atomic E-state index is 13.3. The number of nitrogens with one attached hydrogen (secondary N) is 1. The molecule has 0 bridgehead atoms. The highest BCUT2D eigenvalue weighted by atomic mass is 35.5. The Hall–Kier alpha value is -3.63. The van der Waals surface area contributed by atoms with E-state index in [-0.39, 0.29) is 16.8 Å². The Morgan fingerprint density at radius 2 is 1.60 bits per heavy atom. The van der Waals surface area contributed by atoms with E-state index < -0.39 is 26.0 Å². The molecule has 42 heavy (non-hydrogen) atoms. The van der Waals surface area contributed by atoms with Gasteiger partial charge in [0, 0.05) is 18.0 Å². The van der Waals surface area contributed by atoms with Crippen LogP contribution in [-0.2, 0) is 0 Å². The molecule has 0 saturated heterocycles. The SMILES string of the molecule is CC(C)(C[C@H]1CN[C@H](c2ccccc2OC(F)F)c2c1nc1ccc(Cl)nn21)[Si](O)(c1ccccc1)c1ccccc1. The van der Waals surface area contributed by atoms with Gasteiger partial charge in [-0.25, -0.2) is 9.50 Å². The van der Waals surface area contributed by atoms with Gasteiger partial charge in [0.25, 0.3) is 8.32 Å². The summed E-state index contributed by atoms with van der Waals surface area (Å²) in [7, 11) is -3.29. The van der Waals surface area contributed by atoms with Crippen LogP contribution in [0.3, 0.4) is 0 Å². The van der Waals surface area contributed by atoms with Crippen molar-refractivity contribution in [1.82, 2.24) is 19.9 Å². The zero-order chi connectivity index (χ0) is 29.5. The van der Waals surface area contributed by atoms with Crippen molar-refractivity contribution in [3.63, 3.8) is 0 Å². The number of nitrogens with zero attached hydrogens (tertiary/aromatic N) is 3. The van der Waals surface area contributed by atoms with Crippen molar-refractivity contribution in [2.24, 2.45) is 0 Å². The van der Waals surface area contributed by atoms with E-state index in [2.05, 4.69) is 24.3 Å². The molecule has 10 heteroatoms. The summed E-state index contributed by atoms with van der Waals surface area (Å²) in [6.07, 6.45) is 0.610. The average Bonchev–Trinajstić information content (AvgIpc) is 3.37. The van der Waals surface area contributed by atoms with Gasteiger partial charge >= 0.3 is 6.61 Å². The molecule has 5 aromatic rings. The fourth-order valence-electron chi connectivity index (χ4n) is 6.39. The average molecular weight is 605 g/mol. The first-order valence-corrected chi connectivity index (χ1v) is 16.2. The molecule has 2 aromatic heterocycles. The minimum Gasteiger partial charge on any atom is -0.434 e. The van der Waals surface area contributed by atoms with Crippen molar-refractivity contribution < 1.29 is 18.3 Å². The topological polar surface area (TPSA) is 71.7 Å². The predicted molar refractivity (Wildman–Crippen MR) is 162 cm³/mol. The van der Waals surface area contributed by atoms with Crippen LogP contribution >= 0.6 is 11.6 Å². The van der Waals surface area contributed by atoms with Gasteiger partial charge in [0.15, 0.2) is 5.65 Å².